The van der Waals surface area contributed by atoms with Crippen molar-refractivity contribution in [3.8, 4) is 5.75 Å². The van der Waals surface area contributed by atoms with Crippen LogP contribution in [0.15, 0.2) is 53.4 Å². The Morgan fingerprint density at radius 1 is 1.20 bits per heavy atom. The zero-order valence-electron chi connectivity index (χ0n) is 10.7. The fourth-order valence-electron chi connectivity index (χ4n) is 2.23. The normalized spacial score (nSPS) is 16.7. The summed E-state index contributed by atoms with van der Waals surface area (Å²) in [6.45, 7) is 0.599. The van der Waals surface area contributed by atoms with Crippen molar-refractivity contribution in [2.24, 2.45) is 0 Å². The molecule has 20 heavy (non-hydrogen) atoms. The summed E-state index contributed by atoms with van der Waals surface area (Å²) in [5.74, 6) is 2.07. The molecule has 0 radical (unpaired) electrons. The molecule has 0 saturated carbocycles. The fourth-order valence-corrected chi connectivity index (χ4v) is 3.46. The molecule has 1 unspecified atom stereocenters. The van der Waals surface area contributed by atoms with Crippen molar-refractivity contribution in [2.45, 2.75) is 10.8 Å². The maximum atomic E-state index is 10.6. The van der Waals surface area contributed by atoms with Gasteiger partial charge in [0.05, 0.1) is 11.5 Å². The zero-order valence-corrected chi connectivity index (χ0v) is 11.5. The molecule has 4 nitrogen and oxygen atoms in total. The minimum atomic E-state index is -0.409. The minimum absolute atomic E-state index is 0.0825. The smallest absolute Gasteiger partial charge is 0.269 e. The number of nitro benzene ring substituents is 1. The first-order valence-corrected chi connectivity index (χ1v) is 7.31. The number of nitro groups is 1. The zero-order chi connectivity index (χ0) is 13.9. The van der Waals surface area contributed by atoms with E-state index in [1.807, 2.05) is 23.9 Å². The van der Waals surface area contributed by atoms with Gasteiger partial charge in [-0.05, 0) is 23.8 Å². The summed E-state index contributed by atoms with van der Waals surface area (Å²) in [5, 5.41) is 10.6. The third kappa shape index (κ3) is 2.63. The van der Waals surface area contributed by atoms with E-state index in [-0.39, 0.29) is 5.69 Å². The van der Waals surface area contributed by atoms with Crippen molar-refractivity contribution in [3.05, 3.63) is 64.2 Å². The standard InChI is InChI=1S/C15H13NO3S/c17-16(18)12-5-7-13(8-6-12)19-9-11-10-20-15-4-2-1-3-14(11)15/h1-8,11H,9-10H2. The van der Waals surface area contributed by atoms with Crippen LogP contribution in [0.3, 0.4) is 0 Å². The Labute approximate surface area is 120 Å². The highest BCUT2D eigenvalue weighted by Gasteiger charge is 2.23. The van der Waals surface area contributed by atoms with E-state index in [4.69, 9.17) is 4.74 Å². The Morgan fingerprint density at radius 3 is 2.70 bits per heavy atom. The van der Waals surface area contributed by atoms with E-state index < -0.39 is 4.92 Å². The van der Waals surface area contributed by atoms with E-state index in [1.165, 1.54) is 22.6 Å². The highest BCUT2D eigenvalue weighted by atomic mass is 32.2. The molecule has 0 aliphatic carbocycles. The van der Waals surface area contributed by atoms with Gasteiger partial charge in [0.1, 0.15) is 5.75 Å². The average Bonchev–Trinajstić information content (AvgIpc) is 2.89. The summed E-state index contributed by atoms with van der Waals surface area (Å²) in [7, 11) is 0. The van der Waals surface area contributed by atoms with Crippen LogP contribution in [0.25, 0.3) is 0 Å². The van der Waals surface area contributed by atoms with Crippen molar-refractivity contribution < 1.29 is 9.66 Å². The van der Waals surface area contributed by atoms with Crippen molar-refractivity contribution in [1.29, 1.82) is 0 Å². The number of hydrogen-bond donors (Lipinski definition) is 0. The van der Waals surface area contributed by atoms with Gasteiger partial charge < -0.3 is 4.74 Å². The van der Waals surface area contributed by atoms with Gasteiger partial charge >= 0.3 is 0 Å². The van der Waals surface area contributed by atoms with Crippen LogP contribution >= 0.6 is 11.8 Å². The second-order valence-electron chi connectivity index (χ2n) is 4.61. The maximum Gasteiger partial charge on any atom is 0.269 e. The summed E-state index contributed by atoms with van der Waals surface area (Å²) in [5.41, 5.74) is 1.42. The van der Waals surface area contributed by atoms with Crippen LogP contribution in [0.1, 0.15) is 11.5 Å². The number of non-ortho nitro benzene ring substituents is 1. The van der Waals surface area contributed by atoms with E-state index in [0.717, 1.165) is 5.75 Å². The summed E-state index contributed by atoms with van der Waals surface area (Å²) >= 11 is 1.85. The van der Waals surface area contributed by atoms with E-state index in [0.29, 0.717) is 18.3 Å². The van der Waals surface area contributed by atoms with Crippen LogP contribution in [0.2, 0.25) is 0 Å². The lowest BCUT2D eigenvalue weighted by Crippen LogP contribution is -2.09. The van der Waals surface area contributed by atoms with Crippen LogP contribution in [0.4, 0.5) is 5.69 Å². The second kappa shape index (κ2) is 5.54. The average molecular weight is 287 g/mol. The lowest BCUT2D eigenvalue weighted by Gasteiger charge is -2.12. The molecule has 3 rings (SSSR count). The van der Waals surface area contributed by atoms with Crippen LogP contribution in [0, 0.1) is 10.1 Å². The van der Waals surface area contributed by atoms with E-state index in [1.54, 1.807) is 12.1 Å². The molecule has 102 valence electrons. The molecule has 0 saturated heterocycles. The topological polar surface area (TPSA) is 52.4 Å². The molecular weight excluding hydrogens is 274 g/mol. The fraction of sp³-hybridized carbons (Fsp3) is 0.200. The first kappa shape index (κ1) is 13.0. The third-order valence-electron chi connectivity index (χ3n) is 3.30. The predicted molar refractivity (Wildman–Crippen MR) is 78.5 cm³/mol. The molecule has 5 heteroatoms. The lowest BCUT2D eigenvalue weighted by atomic mass is 10.0. The molecule has 2 aromatic rings. The molecule has 0 aromatic heterocycles. The van der Waals surface area contributed by atoms with Gasteiger partial charge in [-0.15, -0.1) is 11.8 Å². The Bertz CT molecular complexity index is 627. The van der Waals surface area contributed by atoms with Gasteiger partial charge in [0.2, 0.25) is 0 Å². The van der Waals surface area contributed by atoms with Gasteiger partial charge in [-0.25, -0.2) is 0 Å². The number of ether oxygens (including phenoxy) is 1. The molecule has 0 N–H and O–H groups in total. The highest BCUT2D eigenvalue weighted by Crippen LogP contribution is 2.39. The van der Waals surface area contributed by atoms with Gasteiger partial charge in [-0.2, -0.15) is 0 Å². The highest BCUT2D eigenvalue weighted by molar-refractivity contribution is 7.99. The summed E-state index contributed by atoms with van der Waals surface area (Å²) < 4.78 is 5.75. The van der Waals surface area contributed by atoms with E-state index in [2.05, 4.69) is 12.1 Å². The van der Waals surface area contributed by atoms with Crippen LogP contribution in [0.5, 0.6) is 5.75 Å². The SMILES string of the molecule is O=[N+]([O-])c1ccc(OCC2CSc3ccccc32)cc1. The van der Waals surface area contributed by atoms with Gasteiger partial charge in [0, 0.05) is 28.7 Å². The molecule has 1 heterocycles. The van der Waals surface area contributed by atoms with E-state index >= 15 is 0 Å². The van der Waals surface area contributed by atoms with Gasteiger partial charge in [-0.1, -0.05) is 18.2 Å². The number of fused-ring (bicyclic) bond motifs is 1. The predicted octanol–water partition coefficient (Wildman–Crippen LogP) is 3.86. The molecule has 0 bridgehead atoms. The Hall–Kier alpha value is -2.01. The number of rotatable bonds is 4. The molecule has 0 spiro atoms. The van der Waals surface area contributed by atoms with Crippen LogP contribution in [-0.2, 0) is 0 Å². The van der Waals surface area contributed by atoms with Gasteiger partial charge in [0.25, 0.3) is 5.69 Å². The maximum absolute atomic E-state index is 10.6. The molecule has 1 atom stereocenters. The van der Waals surface area contributed by atoms with Crippen molar-refractivity contribution in [2.75, 3.05) is 12.4 Å². The van der Waals surface area contributed by atoms with Crippen molar-refractivity contribution in [1.82, 2.24) is 0 Å². The van der Waals surface area contributed by atoms with Crippen molar-refractivity contribution >= 4 is 17.4 Å². The largest absolute Gasteiger partial charge is 0.493 e. The monoisotopic (exact) mass is 287 g/mol. The Kier molecular flexibility index (Phi) is 3.60. The Balaban J connectivity index is 1.64. The quantitative estimate of drug-likeness (QED) is 0.633. The van der Waals surface area contributed by atoms with Gasteiger partial charge in [-0.3, -0.25) is 10.1 Å². The summed E-state index contributed by atoms with van der Waals surface area (Å²) in [6.07, 6.45) is 0. The molecule has 1 aliphatic heterocycles. The number of hydrogen-bond acceptors (Lipinski definition) is 4. The van der Waals surface area contributed by atoms with E-state index in [9.17, 15) is 10.1 Å². The Morgan fingerprint density at radius 2 is 1.95 bits per heavy atom. The molecule has 0 amide bonds. The molecular formula is C15H13NO3S. The first-order valence-electron chi connectivity index (χ1n) is 6.33. The van der Waals surface area contributed by atoms with Crippen molar-refractivity contribution in [3.63, 3.8) is 0 Å². The van der Waals surface area contributed by atoms with Gasteiger partial charge in [0.15, 0.2) is 0 Å². The molecule has 1 aliphatic rings. The lowest BCUT2D eigenvalue weighted by molar-refractivity contribution is -0.384. The summed E-state index contributed by atoms with van der Waals surface area (Å²) in [6, 6.07) is 14.6. The van der Waals surface area contributed by atoms with Crippen LogP contribution < -0.4 is 4.74 Å². The third-order valence-corrected chi connectivity index (χ3v) is 4.55. The molecule has 2 aromatic carbocycles. The summed E-state index contributed by atoms with van der Waals surface area (Å²) in [4.78, 5) is 11.5. The number of nitrogens with zero attached hydrogens (tertiary/aromatic N) is 1. The van der Waals surface area contributed by atoms with Crippen LogP contribution in [-0.4, -0.2) is 17.3 Å². The number of thioether (sulfide) groups is 1. The first-order chi connectivity index (χ1) is 9.74. The molecule has 0 fully saturated rings. The number of benzene rings is 2. The minimum Gasteiger partial charge on any atom is -0.493 e. The second-order valence-corrected chi connectivity index (χ2v) is 5.67.